The fourth-order valence-corrected chi connectivity index (χ4v) is 7.24. The third-order valence-electron chi connectivity index (χ3n) is 9.88. The zero-order valence-electron chi connectivity index (χ0n) is 25.1. The highest BCUT2D eigenvalue weighted by atomic mass is 16.5. The normalized spacial score (nSPS) is 24.6. The molecule has 224 valence electrons. The number of carbonyl (C=O) groups is 1. The van der Waals surface area contributed by atoms with Crippen LogP contribution in [0.3, 0.4) is 0 Å². The van der Waals surface area contributed by atoms with Crippen molar-refractivity contribution in [1.29, 1.82) is 0 Å². The SMILES string of the molecule is COc1cc(-c2cn(C3CCC(N4CCN(C)CC4)CC3)c3ncnc(N)c23)ccc1NC(=O)C1CC1c1ccccc1. The first-order valence-electron chi connectivity index (χ1n) is 15.6. The van der Waals surface area contributed by atoms with Crippen molar-refractivity contribution in [2.45, 2.75) is 50.1 Å². The summed E-state index contributed by atoms with van der Waals surface area (Å²) < 4.78 is 8.09. The number of nitrogens with two attached hydrogens (primary N) is 1. The summed E-state index contributed by atoms with van der Waals surface area (Å²) in [4.78, 5) is 27.3. The number of hydrogen-bond donors (Lipinski definition) is 2. The molecule has 2 aromatic carbocycles. The Labute approximate surface area is 253 Å². The molecule has 3 aliphatic rings. The number of amides is 1. The summed E-state index contributed by atoms with van der Waals surface area (Å²) in [5.74, 6) is 1.38. The molecule has 4 aromatic rings. The number of carbonyl (C=O) groups excluding carboxylic acids is 1. The molecular formula is C34H41N7O2. The largest absolute Gasteiger partial charge is 0.495 e. The van der Waals surface area contributed by atoms with Crippen LogP contribution in [0.1, 0.15) is 49.6 Å². The van der Waals surface area contributed by atoms with Crippen LogP contribution in [0.4, 0.5) is 11.5 Å². The van der Waals surface area contributed by atoms with Crippen LogP contribution in [0, 0.1) is 5.92 Å². The molecule has 2 atom stereocenters. The van der Waals surface area contributed by atoms with Gasteiger partial charge in [-0.1, -0.05) is 36.4 Å². The van der Waals surface area contributed by atoms with Crippen molar-refractivity contribution >= 4 is 28.4 Å². The van der Waals surface area contributed by atoms with Crippen molar-refractivity contribution in [2.75, 3.05) is 51.4 Å². The van der Waals surface area contributed by atoms with Crippen LogP contribution < -0.4 is 15.8 Å². The van der Waals surface area contributed by atoms with Crippen molar-refractivity contribution in [2.24, 2.45) is 5.92 Å². The van der Waals surface area contributed by atoms with E-state index < -0.39 is 0 Å². The van der Waals surface area contributed by atoms with Gasteiger partial charge in [-0.05, 0) is 68.3 Å². The molecule has 7 rings (SSSR count). The van der Waals surface area contributed by atoms with Gasteiger partial charge in [-0.25, -0.2) is 9.97 Å². The molecule has 0 bridgehead atoms. The Morgan fingerprint density at radius 2 is 1.72 bits per heavy atom. The molecule has 3 fully saturated rings. The number of anilines is 2. The molecule has 3 heterocycles. The summed E-state index contributed by atoms with van der Waals surface area (Å²) in [6, 6.07) is 17.2. The Morgan fingerprint density at radius 3 is 2.47 bits per heavy atom. The summed E-state index contributed by atoms with van der Waals surface area (Å²) in [5, 5.41) is 3.98. The summed E-state index contributed by atoms with van der Waals surface area (Å²) in [6.07, 6.45) is 9.24. The molecule has 1 saturated heterocycles. The number of nitrogen functional groups attached to an aromatic ring is 1. The number of aromatic nitrogens is 3. The molecule has 3 N–H and O–H groups in total. The molecular weight excluding hydrogens is 538 g/mol. The molecule has 0 spiro atoms. The van der Waals surface area contributed by atoms with Crippen LogP contribution >= 0.6 is 0 Å². The van der Waals surface area contributed by atoms with Crippen LogP contribution in [0.5, 0.6) is 5.75 Å². The molecule has 43 heavy (non-hydrogen) atoms. The topological polar surface area (TPSA) is 102 Å². The van der Waals surface area contributed by atoms with Crippen molar-refractivity contribution < 1.29 is 9.53 Å². The first-order chi connectivity index (χ1) is 21.0. The van der Waals surface area contributed by atoms with E-state index in [4.69, 9.17) is 15.5 Å². The van der Waals surface area contributed by atoms with Crippen molar-refractivity contribution in [3.63, 3.8) is 0 Å². The number of fused-ring (bicyclic) bond motifs is 1. The zero-order chi connectivity index (χ0) is 29.5. The van der Waals surface area contributed by atoms with Crippen LogP contribution in [0.15, 0.2) is 61.1 Å². The molecule has 2 unspecified atom stereocenters. The van der Waals surface area contributed by atoms with Gasteiger partial charge in [0, 0.05) is 55.9 Å². The van der Waals surface area contributed by atoms with E-state index in [0.29, 0.717) is 29.3 Å². The molecule has 9 heteroatoms. The summed E-state index contributed by atoms with van der Waals surface area (Å²) in [7, 11) is 3.85. The van der Waals surface area contributed by atoms with Gasteiger partial charge in [0.15, 0.2) is 0 Å². The third kappa shape index (κ3) is 5.47. The Morgan fingerprint density at radius 1 is 0.977 bits per heavy atom. The molecule has 2 saturated carbocycles. The standard InChI is InChI=1S/C34H41N7O2/c1-39-14-16-40(17-15-39)24-9-11-25(12-10-24)41-20-28(31-32(35)36-21-37-33(31)41)23-8-13-29(30(18-23)43-2)38-34(42)27-19-26(27)22-6-4-3-5-7-22/h3-8,13,18,20-21,24-27H,9-12,14-17,19H2,1-2H3,(H,38,42)(H2,35,36,37). The first kappa shape index (κ1) is 27.9. The highest BCUT2D eigenvalue weighted by Gasteiger charge is 2.44. The fraction of sp³-hybridized carbons (Fsp3) is 0.441. The van der Waals surface area contributed by atoms with Gasteiger partial charge in [-0.15, -0.1) is 0 Å². The van der Waals surface area contributed by atoms with Crippen molar-refractivity contribution in [3.05, 3.63) is 66.6 Å². The minimum atomic E-state index is -0.0203. The summed E-state index contributed by atoms with van der Waals surface area (Å²) in [6.45, 7) is 4.64. The lowest BCUT2D eigenvalue weighted by molar-refractivity contribution is -0.117. The van der Waals surface area contributed by atoms with Gasteiger partial charge < -0.3 is 25.3 Å². The maximum atomic E-state index is 13.1. The number of piperazine rings is 1. The average molecular weight is 580 g/mol. The molecule has 2 aliphatic carbocycles. The second-order valence-corrected chi connectivity index (χ2v) is 12.5. The van der Waals surface area contributed by atoms with Crippen LogP contribution in [-0.4, -0.2) is 76.6 Å². The lowest BCUT2D eigenvalue weighted by Crippen LogP contribution is -2.49. The highest BCUT2D eigenvalue weighted by Crippen LogP contribution is 2.48. The van der Waals surface area contributed by atoms with E-state index in [2.05, 4.69) is 50.0 Å². The van der Waals surface area contributed by atoms with E-state index in [0.717, 1.165) is 54.5 Å². The minimum Gasteiger partial charge on any atom is -0.495 e. The maximum absolute atomic E-state index is 13.1. The van der Waals surface area contributed by atoms with E-state index in [-0.39, 0.29) is 17.7 Å². The first-order valence-corrected chi connectivity index (χ1v) is 15.6. The van der Waals surface area contributed by atoms with E-state index in [1.165, 1.54) is 31.5 Å². The van der Waals surface area contributed by atoms with Crippen molar-refractivity contribution in [1.82, 2.24) is 24.3 Å². The number of nitrogens with zero attached hydrogens (tertiary/aromatic N) is 5. The predicted molar refractivity (Wildman–Crippen MR) is 170 cm³/mol. The Kier molecular flexibility index (Phi) is 7.53. The van der Waals surface area contributed by atoms with Gasteiger partial charge in [0.1, 0.15) is 23.5 Å². The maximum Gasteiger partial charge on any atom is 0.228 e. The highest BCUT2D eigenvalue weighted by molar-refractivity contribution is 6.02. The van der Waals surface area contributed by atoms with E-state index >= 15 is 0 Å². The van der Waals surface area contributed by atoms with Crippen molar-refractivity contribution in [3.8, 4) is 16.9 Å². The predicted octanol–water partition coefficient (Wildman–Crippen LogP) is 5.16. The Hall–Kier alpha value is -3.95. The average Bonchev–Trinajstić information content (AvgIpc) is 3.76. The number of nitrogens with one attached hydrogen (secondary N) is 1. The number of rotatable bonds is 7. The monoisotopic (exact) mass is 579 g/mol. The molecule has 2 aromatic heterocycles. The molecule has 1 amide bonds. The van der Waals surface area contributed by atoms with Crippen LogP contribution in [-0.2, 0) is 4.79 Å². The third-order valence-corrected chi connectivity index (χ3v) is 9.88. The molecule has 1 aliphatic heterocycles. The van der Waals surface area contributed by atoms with E-state index in [1.807, 2.05) is 36.4 Å². The van der Waals surface area contributed by atoms with Gasteiger partial charge in [0.2, 0.25) is 5.91 Å². The van der Waals surface area contributed by atoms with E-state index in [1.54, 1.807) is 13.4 Å². The number of methoxy groups -OCH3 is 1. The number of hydrogen-bond acceptors (Lipinski definition) is 7. The number of benzene rings is 2. The summed E-state index contributed by atoms with van der Waals surface area (Å²) in [5.41, 5.74) is 11.2. The fourth-order valence-electron chi connectivity index (χ4n) is 7.24. The van der Waals surface area contributed by atoms with Gasteiger partial charge in [0.25, 0.3) is 0 Å². The van der Waals surface area contributed by atoms with Gasteiger partial charge in [-0.3, -0.25) is 9.69 Å². The lowest BCUT2D eigenvalue weighted by Gasteiger charge is -2.41. The zero-order valence-corrected chi connectivity index (χ0v) is 25.1. The summed E-state index contributed by atoms with van der Waals surface area (Å²) >= 11 is 0. The quantitative estimate of drug-likeness (QED) is 0.312. The van der Waals surface area contributed by atoms with Gasteiger partial charge in [0.05, 0.1) is 18.2 Å². The van der Waals surface area contributed by atoms with E-state index in [9.17, 15) is 4.79 Å². The second kappa shape index (κ2) is 11.6. The Bertz CT molecular complexity index is 1600. The smallest absolute Gasteiger partial charge is 0.228 e. The molecule has 0 radical (unpaired) electrons. The lowest BCUT2D eigenvalue weighted by atomic mass is 9.89. The van der Waals surface area contributed by atoms with Gasteiger partial charge in [-0.2, -0.15) is 0 Å². The Balaban J connectivity index is 1.11. The van der Waals surface area contributed by atoms with Crippen LogP contribution in [0.2, 0.25) is 0 Å². The second-order valence-electron chi connectivity index (χ2n) is 12.5. The minimum absolute atomic E-state index is 0.0203. The van der Waals surface area contributed by atoms with Crippen LogP contribution in [0.25, 0.3) is 22.2 Å². The molecule has 9 nitrogen and oxygen atoms in total. The van der Waals surface area contributed by atoms with Gasteiger partial charge >= 0.3 is 0 Å². The number of ether oxygens (including phenoxy) is 1. The number of likely N-dealkylation sites (N-methyl/N-ethyl adjacent to an activating group) is 1.